The van der Waals surface area contributed by atoms with E-state index in [1.165, 1.54) is 6.07 Å². The van der Waals surface area contributed by atoms with Gasteiger partial charge in [-0.2, -0.15) is 0 Å². The van der Waals surface area contributed by atoms with Crippen molar-refractivity contribution in [2.24, 2.45) is 0 Å². The number of nitrogens with one attached hydrogen (secondary N) is 1. The average Bonchev–Trinajstić information content (AvgIpc) is 2.45. The van der Waals surface area contributed by atoms with Gasteiger partial charge in [-0.15, -0.1) is 0 Å². The van der Waals surface area contributed by atoms with E-state index in [1.54, 1.807) is 17.0 Å². The van der Waals surface area contributed by atoms with Crippen molar-refractivity contribution in [3.63, 3.8) is 0 Å². The van der Waals surface area contributed by atoms with Crippen LogP contribution in [0.2, 0.25) is 0 Å². The monoisotopic (exact) mass is 285 g/mol. The summed E-state index contributed by atoms with van der Waals surface area (Å²) in [4.78, 5) is 28.2. The van der Waals surface area contributed by atoms with E-state index in [9.17, 15) is 9.59 Å². The molecule has 0 spiro atoms. The molecule has 0 aliphatic rings. The molecule has 2 aromatic rings. The fourth-order valence-corrected chi connectivity index (χ4v) is 2.08. The molecule has 0 saturated carbocycles. The number of aromatic amines is 1. The largest absolute Gasteiger partial charge is 0.398 e. The van der Waals surface area contributed by atoms with Crippen LogP contribution in [0.5, 0.6) is 0 Å². The maximum Gasteiger partial charge on any atom is 0.270 e. The first-order chi connectivity index (χ1) is 9.99. The zero-order valence-corrected chi connectivity index (χ0v) is 12.2. The number of pyridine rings is 1. The zero-order valence-electron chi connectivity index (χ0n) is 12.2. The highest BCUT2D eigenvalue weighted by Gasteiger charge is 2.20. The predicted octanol–water partition coefficient (Wildman–Crippen LogP) is 2.01. The normalized spacial score (nSPS) is 10.6. The number of carbonyl (C=O) groups excluding carboxylic acids is 1. The average molecular weight is 285 g/mol. The quantitative estimate of drug-likeness (QED) is 0.843. The Kier molecular flexibility index (Phi) is 4.42. The fraction of sp³-hybridized carbons (Fsp3) is 0.250. The molecule has 3 N–H and O–H groups in total. The first-order valence-corrected chi connectivity index (χ1v) is 6.82. The zero-order chi connectivity index (χ0) is 15.4. The first kappa shape index (κ1) is 14.8. The highest BCUT2D eigenvalue weighted by Crippen LogP contribution is 2.16. The number of aromatic nitrogens is 1. The number of hydrogen-bond acceptors (Lipinski definition) is 3. The van der Waals surface area contributed by atoms with E-state index in [1.807, 2.05) is 38.1 Å². The Bertz CT molecular complexity index is 692. The minimum atomic E-state index is -0.288. The van der Waals surface area contributed by atoms with Gasteiger partial charge in [0.15, 0.2) is 0 Å². The third kappa shape index (κ3) is 3.51. The maximum atomic E-state index is 12.6. The smallest absolute Gasteiger partial charge is 0.270 e. The van der Waals surface area contributed by atoms with Gasteiger partial charge in [0.25, 0.3) is 5.91 Å². The van der Waals surface area contributed by atoms with Gasteiger partial charge in [0, 0.05) is 24.3 Å². The van der Waals surface area contributed by atoms with Gasteiger partial charge in [-0.25, -0.2) is 0 Å². The summed E-state index contributed by atoms with van der Waals surface area (Å²) in [6, 6.07) is 12.0. The van der Waals surface area contributed by atoms with Crippen LogP contribution in [0.25, 0.3) is 0 Å². The summed E-state index contributed by atoms with van der Waals surface area (Å²) in [5.74, 6) is -0.217. The molecule has 2 rings (SSSR count). The number of anilines is 1. The number of nitrogens with zero attached hydrogens (tertiary/aromatic N) is 1. The van der Waals surface area contributed by atoms with Gasteiger partial charge in [-0.3, -0.25) is 9.59 Å². The summed E-state index contributed by atoms with van der Waals surface area (Å²) < 4.78 is 0. The van der Waals surface area contributed by atoms with E-state index < -0.39 is 0 Å². The molecular formula is C16H19N3O2. The third-order valence-corrected chi connectivity index (χ3v) is 3.28. The SMILES string of the molecule is CC(C)N(Cc1ccccc1N)C(=O)c1cccc(=O)[nH]1. The summed E-state index contributed by atoms with van der Waals surface area (Å²) in [6.45, 7) is 4.26. The van der Waals surface area contributed by atoms with Gasteiger partial charge in [0.05, 0.1) is 0 Å². The molecule has 0 bridgehead atoms. The molecule has 0 saturated heterocycles. The lowest BCUT2D eigenvalue weighted by Crippen LogP contribution is -2.37. The fourth-order valence-electron chi connectivity index (χ4n) is 2.08. The van der Waals surface area contributed by atoms with E-state index in [0.717, 1.165) is 5.56 Å². The first-order valence-electron chi connectivity index (χ1n) is 6.82. The van der Waals surface area contributed by atoms with Crippen LogP contribution in [-0.2, 0) is 6.54 Å². The predicted molar refractivity (Wildman–Crippen MR) is 82.9 cm³/mol. The topological polar surface area (TPSA) is 79.2 Å². The Morgan fingerprint density at radius 1 is 1.19 bits per heavy atom. The Hall–Kier alpha value is -2.56. The number of hydrogen-bond donors (Lipinski definition) is 2. The van der Waals surface area contributed by atoms with Gasteiger partial charge in [0.2, 0.25) is 5.56 Å². The van der Waals surface area contributed by atoms with Crippen molar-refractivity contribution in [3.8, 4) is 0 Å². The minimum absolute atomic E-state index is 0.0131. The number of nitrogen functional groups attached to an aromatic ring is 1. The molecule has 0 aliphatic carbocycles. The van der Waals surface area contributed by atoms with Gasteiger partial charge >= 0.3 is 0 Å². The highest BCUT2D eigenvalue weighted by molar-refractivity contribution is 5.92. The van der Waals surface area contributed by atoms with Crippen molar-refractivity contribution in [3.05, 3.63) is 64.1 Å². The van der Waals surface area contributed by atoms with E-state index in [0.29, 0.717) is 12.2 Å². The summed E-state index contributed by atoms with van der Waals surface area (Å²) in [5, 5.41) is 0. The van der Waals surface area contributed by atoms with Gasteiger partial charge in [0.1, 0.15) is 5.69 Å². The molecule has 21 heavy (non-hydrogen) atoms. The molecule has 110 valence electrons. The molecule has 1 amide bonds. The van der Waals surface area contributed by atoms with E-state index in [-0.39, 0.29) is 23.2 Å². The highest BCUT2D eigenvalue weighted by atomic mass is 16.2. The lowest BCUT2D eigenvalue weighted by molar-refractivity contribution is 0.0684. The van der Waals surface area contributed by atoms with Crippen molar-refractivity contribution < 1.29 is 4.79 Å². The van der Waals surface area contributed by atoms with Crippen LogP contribution in [0.15, 0.2) is 47.3 Å². The van der Waals surface area contributed by atoms with E-state index >= 15 is 0 Å². The van der Waals surface area contributed by atoms with Gasteiger partial charge in [-0.1, -0.05) is 24.3 Å². The second-order valence-electron chi connectivity index (χ2n) is 5.15. The van der Waals surface area contributed by atoms with Crippen molar-refractivity contribution in [2.45, 2.75) is 26.4 Å². The van der Waals surface area contributed by atoms with Crippen molar-refractivity contribution in [1.82, 2.24) is 9.88 Å². The van der Waals surface area contributed by atoms with Crippen molar-refractivity contribution in [2.75, 3.05) is 5.73 Å². The van der Waals surface area contributed by atoms with Gasteiger partial charge < -0.3 is 15.6 Å². The molecule has 5 heteroatoms. The Balaban J connectivity index is 2.29. The second-order valence-corrected chi connectivity index (χ2v) is 5.15. The molecule has 0 fully saturated rings. The van der Waals surface area contributed by atoms with Crippen LogP contribution >= 0.6 is 0 Å². The van der Waals surface area contributed by atoms with Crippen LogP contribution in [0.1, 0.15) is 29.9 Å². The molecule has 5 nitrogen and oxygen atoms in total. The molecule has 1 heterocycles. The number of amides is 1. The second kappa shape index (κ2) is 6.26. The van der Waals surface area contributed by atoms with E-state index in [4.69, 9.17) is 5.73 Å². The van der Waals surface area contributed by atoms with Crippen molar-refractivity contribution >= 4 is 11.6 Å². The van der Waals surface area contributed by atoms with Crippen molar-refractivity contribution in [1.29, 1.82) is 0 Å². The number of H-pyrrole nitrogens is 1. The Labute approximate surface area is 123 Å². The maximum absolute atomic E-state index is 12.6. The molecular weight excluding hydrogens is 266 g/mol. The third-order valence-electron chi connectivity index (χ3n) is 3.28. The Morgan fingerprint density at radius 3 is 2.52 bits per heavy atom. The summed E-state index contributed by atoms with van der Waals surface area (Å²) >= 11 is 0. The molecule has 1 aromatic carbocycles. The molecule has 1 aromatic heterocycles. The molecule has 0 radical (unpaired) electrons. The number of benzene rings is 1. The summed E-state index contributed by atoms with van der Waals surface area (Å²) in [7, 11) is 0. The number of nitrogens with two attached hydrogens (primary N) is 1. The standard InChI is InChI=1S/C16H19N3O2/c1-11(2)19(10-12-6-3-4-7-13(12)17)16(21)14-8-5-9-15(20)18-14/h3-9,11H,10,17H2,1-2H3,(H,18,20). The van der Waals surface area contributed by atoms with Crippen LogP contribution in [0.4, 0.5) is 5.69 Å². The number of carbonyl (C=O) groups is 1. The Morgan fingerprint density at radius 2 is 1.90 bits per heavy atom. The molecule has 0 atom stereocenters. The van der Waals surface area contributed by atoms with Gasteiger partial charge in [-0.05, 0) is 31.5 Å². The molecule has 0 unspecified atom stereocenters. The minimum Gasteiger partial charge on any atom is -0.398 e. The number of rotatable bonds is 4. The summed E-state index contributed by atoms with van der Waals surface area (Å²) in [5.41, 5.74) is 7.47. The lowest BCUT2D eigenvalue weighted by atomic mass is 10.1. The van der Waals surface area contributed by atoms with Crippen LogP contribution in [0, 0.1) is 0 Å². The van der Waals surface area contributed by atoms with Crippen LogP contribution in [0.3, 0.4) is 0 Å². The summed E-state index contributed by atoms with van der Waals surface area (Å²) in [6.07, 6.45) is 0. The van der Waals surface area contributed by atoms with Crippen LogP contribution < -0.4 is 11.3 Å². The molecule has 0 aliphatic heterocycles. The number of para-hydroxylation sites is 1. The van der Waals surface area contributed by atoms with E-state index in [2.05, 4.69) is 4.98 Å². The lowest BCUT2D eigenvalue weighted by Gasteiger charge is -2.27. The van der Waals surface area contributed by atoms with Crippen LogP contribution in [-0.4, -0.2) is 21.8 Å².